The number of hydrogen-bond acceptors (Lipinski definition) is 5. The van der Waals surface area contributed by atoms with Crippen molar-refractivity contribution in [1.82, 2.24) is 19.8 Å². The van der Waals surface area contributed by atoms with E-state index in [1.54, 1.807) is 0 Å². The number of benzene rings is 2. The number of carbonyl (C=O) groups is 1. The zero-order valence-corrected chi connectivity index (χ0v) is 17.1. The Morgan fingerprint density at radius 3 is 2.58 bits per heavy atom. The first-order chi connectivity index (χ1) is 15.0. The number of aromatic nitrogens is 2. The van der Waals surface area contributed by atoms with E-state index < -0.39 is 11.4 Å². The Balaban J connectivity index is 1.31. The lowest BCUT2D eigenvalue weighted by atomic mass is 10.1. The summed E-state index contributed by atoms with van der Waals surface area (Å²) in [5.74, 6) is -0.842. The maximum Gasteiger partial charge on any atom is 0.261 e. The van der Waals surface area contributed by atoms with Crippen molar-refractivity contribution in [2.45, 2.75) is 38.6 Å². The highest BCUT2D eigenvalue weighted by molar-refractivity contribution is 5.79. The molecule has 1 fully saturated rings. The Morgan fingerprint density at radius 2 is 1.84 bits per heavy atom. The van der Waals surface area contributed by atoms with Gasteiger partial charge in [0.1, 0.15) is 12.4 Å². The Labute approximate surface area is 179 Å². The first-order valence-electron chi connectivity index (χ1n) is 10.4. The van der Waals surface area contributed by atoms with Crippen LogP contribution in [0.3, 0.4) is 0 Å². The second-order valence-corrected chi connectivity index (χ2v) is 7.94. The molecule has 1 aliphatic rings. The number of nitrogens with zero attached hydrogens (tertiary/aromatic N) is 3. The van der Waals surface area contributed by atoms with Gasteiger partial charge in [-0.05, 0) is 42.2 Å². The van der Waals surface area contributed by atoms with Gasteiger partial charge in [-0.25, -0.2) is 9.37 Å². The van der Waals surface area contributed by atoms with Gasteiger partial charge >= 0.3 is 0 Å². The van der Waals surface area contributed by atoms with E-state index >= 15 is 0 Å². The van der Waals surface area contributed by atoms with Gasteiger partial charge in [0.15, 0.2) is 0 Å². The molecule has 162 valence electrons. The highest BCUT2D eigenvalue weighted by atomic mass is 19.1. The Hall–Kier alpha value is -3.10. The Bertz CT molecular complexity index is 1120. The van der Waals surface area contributed by atoms with Gasteiger partial charge in [0.25, 0.3) is 5.56 Å². The monoisotopic (exact) mass is 424 g/mol. The number of amides is 1. The predicted molar refractivity (Wildman–Crippen MR) is 115 cm³/mol. The number of fused-ring (bicyclic) bond motifs is 1. The minimum atomic E-state index is -0.519. The molecule has 0 spiro atoms. The zero-order chi connectivity index (χ0) is 21.8. The summed E-state index contributed by atoms with van der Waals surface area (Å²) in [7, 11) is 0. The number of halogens is 1. The number of aliphatic hydroxyl groups is 1. The molecule has 0 saturated carbocycles. The fourth-order valence-corrected chi connectivity index (χ4v) is 3.75. The van der Waals surface area contributed by atoms with E-state index in [0.717, 1.165) is 44.1 Å². The van der Waals surface area contributed by atoms with Crippen LogP contribution in [0.25, 0.3) is 10.9 Å². The van der Waals surface area contributed by atoms with Gasteiger partial charge in [0.2, 0.25) is 5.91 Å². The molecular formula is C23H25FN4O3. The molecule has 1 saturated heterocycles. The molecule has 1 aliphatic heterocycles. The van der Waals surface area contributed by atoms with Crippen LogP contribution in [0.4, 0.5) is 4.39 Å². The van der Waals surface area contributed by atoms with Crippen LogP contribution in [0.5, 0.6) is 0 Å². The third-order valence-corrected chi connectivity index (χ3v) is 5.58. The quantitative estimate of drug-likeness (QED) is 0.630. The molecule has 0 unspecified atom stereocenters. The first-order valence-corrected chi connectivity index (χ1v) is 10.4. The third-order valence-electron chi connectivity index (χ3n) is 5.58. The average Bonchev–Trinajstić information content (AvgIpc) is 2.77. The molecule has 31 heavy (non-hydrogen) atoms. The van der Waals surface area contributed by atoms with Crippen LogP contribution >= 0.6 is 0 Å². The van der Waals surface area contributed by atoms with Crippen molar-refractivity contribution in [2.75, 3.05) is 13.1 Å². The zero-order valence-electron chi connectivity index (χ0n) is 17.1. The molecule has 7 nitrogen and oxygen atoms in total. The van der Waals surface area contributed by atoms with E-state index in [-0.39, 0.29) is 23.9 Å². The van der Waals surface area contributed by atoms with Crippen molar-refractivity contribution in [1.29, 1.82) is 0 Å². The normalized spacial score (nSPS) is 15.3. The van der Waals surface area contributed by atoms with Crippen molar-refractivity contribution in [3.63, 3.8) is 0 Å². The molecule has 8 heteroatoms. The first kappa shape index (κ1) is 21.1. The highest BCUT2D eigenvalue weighted by Crippen LogP contribution is 2.14. The van der Waals surface area contributed by atoms with Crippen LogP contribution in [0.1, 0.15) is 24.0 Å². The third kappa shape index (κ3) is 5.34. The number of hydrogen-bond donors (Lipinski definition) is 2. The Morgan fingerprint density at radius 1 is 1.13 bits per heavy atom. The number of piperidine rings is 1. The topological polar surface area (TPSA) is 87.5 Å². The summed E-state index contributed by atoms with van der Waals surface area (Å²) in [6.07, 6.45) is 2.75. The van der Waals surface area contributed by atoms with Gasteiger partial charge in [-0.1, -0.05) is 24.3 Å². The number of rotatable bonds is 6. The summed E-state index contributed by atoms with van der Waals surface area (Å²) in [4.78, 5) is 31.2. The maximum absolute atomic E-state index is 13.4. The number of aliphatic hydroxyl groups excluding tert-OH is 1. The van der Waals surface area contributed by atoms with Crippen LogP contribution in [-0.2, 0) is 24.4 Å². The maximum atomic E-state index is 13.4. The van der Waals surface area contributed by atoms with E-state index in [1.807, 2.05) is 24.3 Å². The molecule has 0 aliphatic carbocycles. The minimum Gasteiger partial charge on any atom is -0.393 e. The van der Waals surface area contributed by atoms with E-state index in [4.69, 9.17) is 0 Å². The summed E-state index contributed by atoms with van der Waals surface area (Å²) in [5.41, 5.74) is 2.09. The van der Waals surface area contributed by atoms with Crippen molar-refractivity contribution in [3.8, 4) is 0 Å². The van der Waals surface area contributed by atoms with Crippen molar-refractivity contribution in [2.24, 2.45) is 0 Å². The molecule has 1 amide bonds. The second kappa shape index (κ2) is 9.36. The smallest absolute Gasteiger partial charge is 0.261 e. The lowest BCUT2D eigenvalue weighted by molar-refractivity contribution is -0.121. The van der Waals surface area contributed by atoms with E-state index in [2.05, 4.69) is 15.2 Å². The molecule has 0 bridgehead atoms. The van der Waals surface area contributed by atoms with Crippen LogP contribution in [-0.4, -0.2) is 44.7 Å². The average molecular weight is 424 g/mol. The largest absolute Gasteiger partial charge is 0.393 e. The van der Waals surface area contributed by atoms with Crippen LogP contribution in [0.15, 0.2) is 53.6 Å². The summed E-state index contributed by atoms with van der Waals surface area (Å²) in [6, 6.07) is 11.8. The fraction of sp³-hybridized carbons (Fsp3) is 0.348. The summed E-state index contributed by atoms with van der Waals surface area (Å²) in [5, 5.41) is 12.5. The SMILES string of the molecule is O=C(Cn1cnc2ccc(F)cc2c1=O)NCc1ccc(CN2CCC(O)CC2)cc1. The van der Waals surface area contributed by atoms with E-state index in [9.17, 15) is 19.1 Å². The fourth-order valence-electron chi connectivity index (χ4n) is 3.75. The molecule has 1 aromatic heterocycles. The molecule has 0 radical (unpaired) electrons. The van der Waals surface area contributed by atoms with Crippen LogP contribution in [0, 0.1) is 5.82 Å². The highest BCUT2D eigenvalue weighted by Gasteiger charge is 2.16. The standard InChI is InChI=1S/C23H25FN4O3/c24-18-5-6-21-20(11-18)23(31)28(15-26-21)14-22(30)25-12-16-1-3-17(4-2-16)13-27-9-7-19(29)8-10-27/h1-6,11,15,19,29H,7-10,12-14H2,(H,25,30). The lowest BCUT2D eigenvalue weighted by Gasteiger charge is -2.29. The van der Waals surface area contributed by atoms with Gasteiger partial charge in [-0.2, -0.15) is 0 Å². The molecule has 2 heterocycles. The minimum absolute atomic E-state index is 0.147. The predicted octanol–water partition coefficient (Wildman–Crippen LogP) is 1.81. The van der Waals surface area contributed by atoms with Gasteiger partial charge in [-0.3, -0.25) is 19.1 Å². The number of carbonyl (C=O) groups excluding carboxylic acids is 1. The molecule has 3 aromatic rings. The summed E-state index contributed by atoms with van der Waals surface area (Å²) < 4.78 is 14.6. The molecule has 2 N–H and O–H groups in total. The number of nitrogens with one attached hydrogen (secondary N) is 1. The van der Waals surface area contributed by atoms with Crippen LogP contribution in [0.2, 0.25) is 0 Å². The lowest BCUT2D eigenvalue weighted by Crippen LogP contribution is -2.35. The van der Waals surface area contributed by atoms with Crippen molar-refractivity contribution < 1.29 is 14.3 Å². The summed E-state index contributed by atoms with van der Waals surface area (Å²) >= 11 is 0. The van der Waals surface area contributed by atoms with E-state index in [0.29, 0.717) is 12.1 Å². The van der Waals surface area contributed by atoms with Crippen molar-refractivity contribution in [3.05, 3.63) is 76.1 Å². The van der Waals surface area contributed by atoms with Gasteiger partial charge in [0, 0.05) is 26.2 Å². The second-order valence-electron chi connectivity index (χ2n) is 7.94. The number of likely N-dealkylation sites (tertiary alicyclic amines) is 1. The van der Waals surface area contributed by atoms with Crippen LogP contribution < -0.4 is 10.9 Å². The van der Waals surface area contributed by atoms with Gasteiger partial charge in [-0.15, -0.1) is 0 Å². The molecule has 0 atom stereocenters. The summed E-state index contributed by atoms with van der Waals surface area (Å²) in [6.45, 7) is 2.80. The van der Waals surface area contributed by atoms with Crippen molar-refractivity contribution >= 4 is 16.8 Å². The van der Waals surface area contributed by atoms with Gasteiger partial charge < -0.3 is 10.4 Å². The molecular weight excluding hydrogens is 399 g/mol. The molecule has 4 rings (SSSR count). The van der Waals surface area contributed by atoms with E-state index in [1.165, 1.54) is 28.6 Å². The molecule has 2 aromatic carbocycles. The van der Waals surface area contributed by atoms with Gasteiger partial charge in [0.05, 0.1) is 23.3 Å². The Kier molecular flexibility index (Phi) is 6.39.